The average molecular weight is 465 g/mol. The lowest BCUT2D eigenvalue weighted by Gasteiger charge is -2.44. The van der Waals surface area contributed by atoms with Gasteiger partial charge in [-0.1, -0.05) is 19.8 Å². The van der Waals surface area contributed by atoms with Crippen molar-refractivity contribution in [1.82, 2.24) is 15.3 Å². The van der Waals surface area contributed by atoms with E-state index in [1.165, 1.54) is 17.0 Å². The van der Waals surface area contributed by atoms with Crippen molar-refractivity contribution in [3.63, 3.8) is 0 Å². The summed E-state index contributed by atoms with van der Waals surface area (Å²) in [7, 11) is 0. The Morgan fingerprint density at radius 2 is 2.03 bits per heavy atom. The molecule has 34 heavy (non-hydrogen) atoms. The van der Waals surface area contributed by atoms with Crippen molar-refractivity contribution >= 4 is 41.2 Å². The van der Waals surface area contributed by atoms with Crippen LogP contribution in [0.25, 0.3) is 0 Å². The average Bonchev–Trinajstić information content (AvgIpc) is 3.48. The van der Waals surface area contributed by atoms with Gasteiger partial charge in [-0.25, -0.2) is 9.37 Å². The van der Waals surface area contributed by atoms with Gasteiger partial charge in [0, 0.05) is 17.6 Å². The summed E-state index contributed by atoms with van der Waals surface area (Å²) in [6, 6.07) is 4.59. The van der Waals surface area contributed by atoms with E-state index in [4.69, 9.17) is 15.8 Å². The Labute approximate surface area is 197 Å². The highest BCUT2D eigenvalue weighted by molar-refractivity contribution is 6.16. The molecule has 9 nitrogen and oxygen atoms in total. The maximum Gasteiger partial charge on any atom is 0.251 e. The van der Waals surface area contributed by atoms with Crippen molar-refractivity contribution in [1.29, 1.82) is 10.8 Å². The number of aromatic nitrogens is 2. The summed E-state index contributed by atoms with van der Waals surface area (Å²) in [5, 5.41) is 22.3. The van der Waals surface area contributed by atoms with Gasteiger partial charge in [0.1, 0.15) is 17.3 Å². The van der Waals surface area contributed by atoms with Gasteiger partial charge in [-0.15, -0.1) is 0 Å². The molecule has 10 heteroatoms. The van der Waals surface area contributed by atoms with Crippen LogP contribution in [-0.2, 0) is 0 Å². The SMILES string of the molecule is CC[C@@H]1C(=N)N(C=N)c2cnc(Nc3ccc(C(=O)NC4CC4)cc3F)nc2N1C1CCCC1. The summed E-state index contributed by atoms with van der Waals surface area (Å²) < 4.78 is 14.8. The standard InChI is InChI=1S/C24H29FN8O/c1-2-19-21(27)32(13-26)20-12-28-24(31-22(20)33(19)16-5-3-4-6-16)30-18-10-7-14(11-17(18)25)23(34)29-15-8-9-15/h7,10-13,15-16,19,26-27H,2-6,8-9H2,1H3,(H,29,34)(H,28,30,31)/t19-/m1/s1. The molecule has 0 bridgehead atoms. The van der Waals surface area contributed by atoms with Crippen molar-refractivity contribution in [3.8, 4) is 0 Å². The highest BCUT2D eigenvalue weighted by atomic mass is 19.1. The van der Waals surface area contributed by atoms with Crippen LogP contribution in [0.4, 0.5) is 27.5 Å². The molecule has 1 aliphatic heterocycles. The van der Waals surface area contributed by atoms with Crippen LogP contribution < -0.4 is 20.4 Å². The Morgan fingerprint density at radius 1 is 1.26 bits per heavy atom. The zero-order chi connectivity index (χ0) is 23.8. The zero-order valence-corrected chi connectivity index (χ0v) is 19.1. The van der Waals surface area contributed by atoms with Crippen molar-refractivity contribution < 1.29 is 9.18 Å². The topological polar surface area (TPSA) is 121 Å². The molecule has 0 radical (unpaired) electrons. The van der Waals surface area contributed by atoms with E-state index in [-0.39, 0.29) is 41.2 Å². The van der Waals surface area contributed by atoms with E-state index in [0.717, 1.165) is 44.9 Å². The fraction of sp³-hybridized carbons (Fsp3) is 0.458. The first-order valence-corrected chi connectivity index (χ1v) is 11.9. The number of amidine groups is 1. The summed E-state index contributed by atoms with van der Waals surface area (Å²) in [4.78, 5) is 25.0. The van der Waals surface area contributed by atoms with E-state index in [2.05, 4.69) is 20.5 Å². The molecule has 178 valence electrons. The molecule has 2 fully saturated rings. The third-order valence-electron chi connectivity index (χ3n) is 6.79. The zero-order valence-electron chi connectivity index (χ0n) is 19.1. The van der Waals surface area contributed by atoms with E-state index < -0.39 is 5.82 Å². The molecule has 2 aromatic rings. The molecular formula is C24H29FN8O. The lowest BCUT2D eigenvalue weighted by atomic mass is 10.0. The number of amides is 1. The van der Waals surface area contributed by atoms with E-state index in [9.17, 15) is 9.18 Å². The number of hydrogen-bond acceptors (Lipinski definition) is 7. The van der Waals surface area contributed by atoms with Crippen LogP contribution in [0.15, 0.2) is 24.4 Å². The van der Waals surface area contributed by atoms with Gasteiger partial charge in [0.25, 0.3) is 5.91 Å². The van der Waals surface area contributed by atoms with Crippen LogP contribution in [0.1, 0.15) is 62.2 Å². The van der Waals surface area contributed by atoms with Crippen LogP contribution in [0.3, 0.4) is 0 Å². The van der Waals surface area contributed by atoms with Gasteiger partial charge in [0.15, 0.2) is 5.82 Å². The van der Waals surface area contributed by atoms with Crippen LogP contribution in [0.2, 0.25) is 0 Å². The molecule has 1 aromatic heterocycles. The Kier molecular flexibility index (Phi) is 5.89. The number of hydrogen-bond donors (Lipinski definition) is 4. The lowest BCUT2D eigenvalue weighted by molar-refractivity contribution is 0.0950. The molecule has 2 aliphatic carbocycles. The predicted molar refractivity (Wildman–Crippen MR) is 130 cm³/mol. The highest BCUT2D eigenvalue weighted by Gasteiger charge is 2.40. The Morgan fingerprint density at radius 3 is 2.68 bits per heavy atom. The number of carbonyl (C=O) groups excluding carboxylic acids is 1. The van der Waals surface area contributed by atoms with Crippen molar-refractivity contribution in [2.45, 2.75) is 70.0 Å². The fourth-order valence-electron chi connectivity index (χ4n) is 4.87. The van der Waals surface area contributed by atoms with Gasteiger partial charge in [0.2, 0.25) is 5.95 Å². The minimum absolute atomic E-state index is 0.176. The summed E-state index contributed by atoms with van der Waals surface area (Å²) in [5.41, 5.74) is 1.03. The summed E-state index contributed by atoms with van der Waals surface area (Å²) in [5.74, 6) is 0.379. The molecule has 0 spiro atoms. The Hall–Kier alpha value is -3.56. The van der Waals surface area contributed by atoms with Crippen LogP contribution in [-0.4, -0.2) is 46.2 Å². The van der Waals surface area contributed by atoms with E-state index in [1.54, 1.807) is 12.3 Å². The van der Waals surface area contributed by atoms with Crippen molar-refractivity contribution in [2.24, 2.45) is 0 Å². The monoisotopic (exact) mass is 464 g/mol. The van der Waals surface area contributed by atoms with E-state index in [1.807, 2.05) is 6.92 Å². The third-order valence-corrected chi connectivity index (χ3v) is 6.79. The van der Waals surface area contributed by atoms with E-state index >= 15 is 0 Å². The van der Waals surface area contributed by atoms with Crippen LogP contribution in [0.5, 0.6) is 0 Å². The van der Waals surface area contributed by atoms with Crippen LogP contribution in [0, 0.1) is 16.6 Å². The maximum absolute atomic E-state index is 14.8. The van der Waals surface area contributed by atoms with Gasteiger partial charge in [0.05, 0.1) is 24.3 Å². The molecule has 0 unspecified atom stereocenters. The summed E-state index contributed by atoms with van der Waals surface area (Å²) in [6.07, 6.45) is 9.67. The van der Waals surface area contributed by atoms with Crippen LogP contribution >= 0.6 is 0 Å². The second-order valence-electron chi connectivity index (χ2n) is 9.12. The highest BCUT2D eigenvalue weighted by Crippen LogP contribution is 2.40. The molecule has 2 heterocycles. The van der Waals surface area contributed by atoms with Gasteiger partial charge >= 0.3 is 0 Å². The quantitative estimate of drug-likeness (QED) is 0.360. The largest absolute Gasteiger partial charge is 0.349 e. The Balaban J connectivity index is 1.45. The number of rotatable bonds is 7. The first kappa shape index (κ1) is 22.2. The minimum Gasteiger partial charge on any atom is -0.349 e. The number of anilines is 4. The lowest BCUT2D eigenvalue weighted by Crippen LogP contribution is -2.56. The summed E-state index contributed by atoms with van der Waals surface area (Å²) >= 11 is 0. The first-order chi connectivity index (χ1) is 16.5. The van der Waals surface area contributed by atoms with Gasteiger partial charge in [-0.05, 0) is 50.3 Å². The number of fused-ring (bicyclic) bond motifs is 1. The van der Waals surface area contributed by atoms with Gasteiger partial charge in [-0.3, -0.25) is 20.5 Å². The third kappa shape index (κ3) is 4.08. The molecule has 1 atom stereocenters. The number of carbonyl (C=O) groups is 1. The Bertz CT molecular complexity index is 1130. The second kappa shape index (κ2) is 9.00. The minimum atomic E-state index is -0.563. The first-order valence-electron chi connectivity index (χ1n) is 11.9. The maximum atomic E-state index is 14.8. The molecular weight excluding hydrogens is 435 g/mol. The van der Waals surface area contributed by atoms with E-state index in [0.29, 0.717) is 23.8 Å². The normalized spacial score (nSPS) is 20.3. The molecule has 5 rings (SSSR count). The molecule has 0 saturated heterocycles. The van der Waals surface area contributed by atoms with Gasteiger partial charge < -0.3 is 15.5 Å². The fourth-order valence-corrected chi connectivity index (χ4v) is 4.87. The number of nitrogens with one attached hydrogen (secondary N) is 4. The molecule has 1 amide bonds. The molecule has 2 saturated carbocycles. The molecule has 4 N–H and O–H groups in total. The number of halogens is 1. The summed E-state index contributed by atoms with van der Waals surface area (Å²) in [6.45, 7) is 2.03. The number of benzene rings is 1. The molecule has 3 aliphatic rings. The second-order valence-corrected chi connectivity index (χ2v) is 9.12. The predicted octanol–water partition coefficient (Wildman–Crippen LogP) is 4.18. The van der Waals surface area contributed by atoms with Crippen molar-refractivity contribution in [2.75, 3.05) is 15.1 Å². The molecule has 1 aromatic carbocycles. The number of nitrogens with zero attached hydrogens (tertiary/aromatic N) is 4. The van der Waals surface area contributed by atoms with Gasteiger partial charge in [-0.2, -0.15) is 4.98 Å². The van der Waals surface area contributed by atoms with Crippen molar-refractivity contribution in [3.05, 3.63) is 35.8 Å². The smallest absolute Gasteiger partial charge is 0.251 e.